The minimum absolute atomic E-state index is 0.0319. The Kier molecular flexibility index (Phi) is 3.17. The van der Waals surface area contributed by atoms with Gasteiger partial charge in [-0.25, -0.2) is 0 Å². The number of nitrogens with one attached hydrogen (secondary N) is 1. The SMILES string of the molecule is CC(C(=O)NC(C)(C)C)N1CC(O)C1. The summed E-state index contributed by atoms with van der Waals surface area (Å²) >= 11 is 0. The fourth-order valence-corrected chi connectivity index (χ4v) is 1.44. The van der Waals surface area contributed by atoms with E-state index in [1.807, 2.05) is 32.6 Å². The van der Waals surface area contributed by atoms with Gasteiger partial charge in [0.25, 0.3) is 0 Å². The summed E-state index contributed by atoms with van der Waals surface area (Å²) in [6.07, 6.45) is -0.250. The van der Waals surface area contributed by atoms with Crippen LogP contribution in [0.5, 0.6) is 0 Å². The predicted octanol–water partition coefficient (Wildman–Crippen LogP) is -0.0339. The Balaban J connectivity index is 2.38. The van der Waals surface area contributed by atoms with Gasteiger partial charge >= 0.3 is 0 Å². The fraction of sp³-hybridized carbons (Fsp3) is 0.900. The van der Waals surface area contributed by atoms with E-state index >= 15 is 0 Å². The van der Waals surface area contributed by atoms with E-state index in [0.717, 1.165) is 0 Å². The summed E-state index contributed by atoms with van der Waals surface area (Å²) in [5.41, 5.74) is -0.186. The largest absolute Gasteiger partial charge is 0.390 e. The van der Waals surface area contributed by atoms with Crippen molar-refractivity contribution in [1.82, 2.24) is 10.2 Å². The van der Waals surface area contributed by atoms with Crippen LogP contribution in [0.15, 0.2) is 0 Å². The van der Waals surface area contributed by atoms with Crippen LogP contribution < -0.4 is 5.32 Å². The Hall–Kier alpha value is -0.610. The van der Waals surface area contributed by atoms with Crippen LogP contribution in [0.2, 0.25) is 0 Å². The third kappa shape index (κ3) is 2.96. The van der Waals surface area contributed by atoms with E-state index < -0.39 is 0 Å². The molecule has 1 aliphatic rings. The van der Waals surface area contributed by atoms with Gasteiger partial charge in [0.15, 0.2) is 0 Å². The van der Waals surface area contributed by atoms with E-state index in [0.29, 0.717) is 13.1 Å². The second-order valence-corrected chi connectivity index (χ2v) is 5.02. The van der Waals surface area contributed by atoms with Crippen LogP contribution in [0.1, 0.15) is 27.7 Å². The maximum absolute atomic E-state index is 11.7. The number of aliphatic hydroxyl groups excluding tert-OH is 1. The lowest BCUT2D eigenvalue weighted by Gasteiger charge is -2.40. The van der Waals surface area contributed by atoms with Crippen molar-refractivity contribution in [2.75, 3.05) is 13.1 Å². The van der Waals surface area contributed by atoms with Gasteiger partial charge < -0.3 is 10.4 Å². The highest BCUT2D eigenvalue weighted by Gasteiger charge is 2.33. The van der Waals surface area contributed by atoms with E-state index in [9.17, 15) is 4.79 Å². The van der Waals surface area contributed by atoms with Crippen molar-refractivity contribution in [1.29, 1.82) is 0 Å². The minimum Gasteiger partial charge on any atom is -0.390 e. The minimum atomic E-state index is -0.250. The maximum Gasteiger partial charge on any atom is 0.237 e. The van der Waals surface area contributed by atoms with Gasteiger partial charge in [-0.2, -0.15) is 0 Å². The van der Waals surface area contributed by atoms with E-state index in [2.05, 4.69) is 5.32 Å². The molecule has 0 spiro atoms. The third-order valence-corrected chi connectivity index (χ3v) is 2.32. The molecule has 0 aromatic carbocycles. The highest BCUT2D eigenvalue weighted by molar-refractivity contribution is 5.82. The van der Waals surface area contributed by atoms with Crippen molar-refractivity contribution >= 4 is 5.91 Å². The number of carbonyl (C=O) groups excluding carboxylic acids is 1. The summed E-state index contributed by atoms with van der Waals surface area (Å²) in [5, 5.41) is 12.0. The predicted molar refractivity (Wildman–Crippen MR) is 54.9 cm³/mol. The highest BCUT2D eigenvalue weighted by atomic mass is 16.3. The number of hydrogen-bond acceptors (Lipinski definition) is 3. The molecule has 1 atom stereocenters. The quantitative estimate of drug-likeness (QED) is 0.658. The standard InChI is InChI=1S/C10H20N2O2/c1-7(12-5-8(13)6-12)9(14)11-10(2,3)4/h7-8,13H,5-6H2,1-4H3,(H,11,14). The molecule has 1 rings (SSSR count). The number of hydrogen-bond donors (Lipinski definition) is 2. The molecular formula is C10H20N2O2. The fourth-order valence-electron chi connectivity index (χ4n) is 1.44. The molecule has 0 saturated carbocycles. The van der Waals surface area contributed by atoms with E-state index in [1.165, 1.54) is 0 Å². The smallest absolute Gasteiger partial charge is 0.237 e. The summed E-state index contributed by atoms with van der Waals surface area (Å²) in [6, 6.07) is -0.141. The average Bonchev–Trinajstić information content (AvgIpc) is 1.94. The Morgan fingerprint density at radius 2 is 2.00 bits per heavy atom. The van der Waals surface area contributed by atoms with Crippen molar-refractivity contribution in [3.63, 3.8) is 0 Å². The average molecular weight is 200 g/mol. The molecule has 2 N–H and O–H groups in total. The summed E-state index contributed by atoms with van der Waals surface area (Å²) in [5.74, 6) is 0.0319. The molecule has 1 saturated heterocycles. The molecule has 14 heavy (non-hydrogen) atoms. The number of nitrogens with zero attached hydrogens (tertiary/aromatic N) is 1. The molecule has 4 heteroatoms. The van der Waals surface area contributed by atoms with E-state index in [4.69, 9.17) is 5.11 Å². The van der Waals surface area contributed by atoms with Crippen LogP contribution in [-0.4, -0.2) is 46.7 Å². The van der Waals surface area contributed by atoms with Gasteiger partial charge in [0.1, 0.15) is 0 Å². The molecule has 4 nitrogen and oxygen atoms in total. The second kappa shape index (κ2) is 3.87. The molecule has 1 fully saturated rings. The molecule has 1 unspecified atom stereocenters. The number of carbonyl (C=O) groups is 1. The first-order valence-corrected chi connectivity index (χ1v) is 5.04. The molecule has 82 valence electrons. The van der Waals surface area contributed by atoms with Crippen molar-refractivity contribution in [2.45, 2.75) is 45.4 Å². The van der Waals surface area contributed by atoms with Crippen LogP contribution in [0, 0.1) is 0 Å². The number of amides is 1. The summed E-state index contributed by atoms with van der Waals surface area (Å²) in [7, 11) is 0. The van der Waals surface area contributed by atoms with Crippen LogP contribution in [-0.2, 0) is 4.79 Å². The van der Waals surface area contributed by atoms with Crippen LogP contribution >= 0.6 is 0 Å². The van der Waals surface area contributed by atoms with Gasteiger partial charge in [-0.15, -0.1) is 0 Å². The lowest BCUT2D eigenvalue weighted by molar-refractivity contribution is -0.131. The Bertz CT molecular complexity index is 217. The number of β-amino-alcohol motifs (C(OH)–C–C–N with tert-alkyl or cyclic N) is 1. The molecule has 1 amide bonds. The van der Waals surface area contributed by atoms with Crippen molar-refractivity contribution in [3.05, 3.63) is 0 Å². The molecule has 0 aromatic rings. The van der Waals surface area contributed by atoms with Crippen molar-refractivity contribution in [2.24, 2.45) is 0 Å². The molecular weight excluding hydrogens is 180 g/mol. The van der Waals surface area contributed by atoms with Crippen molar-refractivity contribution in [3.8, 4) is 0 Å². The topological polar surface area (TPSA) is 52.6 Å². The second-order valence-electron chi connectivity index (χ2n) is 5.02. The number of rotatable bonds is 2. The van der Waals surface area contributed by atoms with Crippen molar-refractivity contribution < 1.29 is 9.90 Å². The van der Waals surface area contributed by atoms with Crippen LogP contribution in [0.4, 0.5) is 0 Å². The third-order valence-electron chi connectivity index (χ3n) is 2.32. The summed E-state index contributed by atoms with van der Waals surface area (Å²) in [6.45, 7) is 8.97. The van der Waals surface area contributed by atoms with Crippen LogP contribution in [0.3, 0.4) is 0 Å². The molecule has 1 aliphatic heterocycles. The zero-order chi connectivity index (χ0) is 10.9. The van der Waals surface area contributed by atoms with Gasteiger partial charge in [0.05, 0.1) is 12.1 Å². The lowest BCUT2D eigenvalue weighted by atomic mass is 10.1. The van der Waals surface area contributed by atoms with Gasteiger partial charge in [-0.1, -0.05) is 0 Å². The Morgan fingerprint density at radius 3 is 2.36 bits per heavy atom. The number of aliphatic hydroxyl groups is 1. The molecule has 1 heterocycles. The Morgan fingerprint density at radius 1 is 1.50 bits per heavy atom. The Labute approximate surface area is 85.3 Å². The monoisotopic (exact) mass is 200 g/mol. The molecule has 0 aromatic heterocycles. The first-order valence-electron chi connectivity index (χ1n) is 5.04. The van der Waals surface area contributed by atoms with Gasteiger partial charge in [-0.3, -0.25) is 9.69 Å². The maximum atomic E-state index is 11.7. The van der Waals surface area contributed by atoms with Gasteiger partial charge in [0, 0.05) is 18.6 Å². The lowest BCUT2D eigenvalue weighted by Crippen LogP contribution is -2.60. The van der Waals surface area contributed by atoms with Gasteiger partial charge in [-0.05, 0) is 27.7 Å². The normalized spacial score (nSPS) is 21.5. The molecule has 0 radical (unpaired) electrons. The van der Waals surface area contributed by atoms with Crippen LogP contribution in [0.25, 0.3) is 0 Å². The van der Waals surface area contributed by atoms with E-state index in [1.54, 1.807) is 0 Å². The summed E-state index contributed by atoms with van der Waals surface area (Å²) in [4.78, 5) is 13.6. The van der Waals surface area contributed by atoms with Gasteiger partial charge in [0.2, 0.25) is 5.91 Å². The molecule has 0 bridgehead atoms. The zero-order valence-electron chi connectivity index (χ0n) is 9.37. The zero-order valence-corrected chi connectivity index (χ0v) is 9.37. The number of likely N-dealkylation sites (tertiary alicyclic amines) is 1. The first-order chi connectivity index (χ1) is 6.29. The summed E-state index contributed by atoms with van der Waals surface area (Å²) < 4.78 is 0. The first kappa shape index (κ1) is 11.5. The molecule has 0 aliphatic carbocycles. The highest BCUT2D eigenvalue weighted by Crippen LogP contribution is 2.12. The van der Waals surface area contributed by atoms with E-state index in [-0.39, 0.29) is 23.6 Å².